The highest BCUT2D eigenvalue weighted by molar-refractivity contribution is 9.10. The van der Waals surface area contributed by atoms with Crippen LogP contribution in [0.4, 0.5) is 0 Å². The third kappa shape index (κ3) is 2.39. The molecule has 0 aliphatic rings. The largest absolute Gasteiger partial charge is 0.506 e. The van der Waals surface area contributed by atoms with Gasteiger partial charge in [0, 0.05) is 10.6 Å². The van der Waals surface area contributed by atoms with Crippen molar-refractivity contribution in [1.82, 2.24) is 5.32 Å². The van der Waals surface area contributed by atoms with E-state index in [1.807, 2.05) is 0 Å². The van der Waals surface area contributed by atoms with Crippen molar-refractivity contribution in [3.05, 3.63) is 27.2 Å². The average Bonchev–Trinajstić information content (AvgIpc) is 2.15. The van der Waals surface area contributed by atoms with E-state index in [1.165, 1.54) is 0 Å². The average molecular weight is 281 g/mol. The van der Waals surface area contributed by atoms with Gasteiger partial charge in [-0.1, -0.05) is 11.6 Å². The molecule has 1 atom stereocenters. The number of hydrogen-bond acceptors (Lipinski definition) is 3. The van der Waals surface area contributed by atoms with Gasteiger partial charge in [0.05, 0.1) is 17.1 Å². The Morgan fingerprint density at radius 2 is 2.21 bits per heavy atom. The Bertz CT molecular complexity index is 329. The first-order valence-electron chi connectivity index (χ1n) is 4.06. The smallest absolute Gasteiger partial charge is 0.134 e. The highest BCUT2D eigenvalue weighted by Crippen LogP contribution is 2.34. The normalized spacial score (nSPS) is 12.9. The lowest BCUT2D eigenvalue weighted by molar-refractivity contribution is 0.248. The summed E-state index contributed by atoms with van der Waals surface area (Å²) in [6.45, 7) is -0.100. The standard InChI is InChI=1S/C9H11BrClNO2/c1-12-8(4-13)6-2-5(11)3-7(10)9(6)14/h2-3,8,12-14H,4H2,1H3/t8-/m1/s1. The number of phenolic OH excluding ortho intramolecular Hbond substituents is 1. The number of nitrogens with one attached hydrogen (secondary N) is 1. The van der Waals surface area contributed by atoms with Crippen molar-refractivity contribution in [2.24, 2.45) is 0 Å². The topological polar surface area (TPSA) is 52.5 Å². The maximum absolute atomic E-state index is 9.70. The van der Waals surface area contributed by atoms with Gasteiger partial charge in [-0.3, -0.25) is 0 Å². The van der Waals surface area contributed by atoms with Gasteiger partial charge in [-0.25, -0.2) is 0 Å². The van der Waals surface area contributed by atoms with Gasteiger partial charge in [-0.05, 0) is 35.1 Å². The van der Waals surface area contributed by atoms with Gasteiger partial charge >= 0.3 is 0 Å². The van der Waals surface area contributed by atoms with Crippen molar-refractivity contribution >= 4 is 27.5 Å². The summed E-state index contributed by atoms with van der Waals surface area (Å²) in [5.41, 5.74) is 0.578. The second-order valence-electron chi connectivity index (χ2n) is 2.85. The van der Waals surface area contributed by atoms with Crippen LogP contribution in [-0.2, 0) is 0 Å². The number of rotatable bonds is 3. The van der Waals surface area contributed by atoms with E-state index in [0.717, 1.165) is 0 Å². The number of hydrogen-bond donors (Lipinski definition) is 3. The second-order valence-corrected chi connectivity index (χ2v) is 4.14. The van der Waals surface area contributed by atoms with E-state index in [4.69, 9.17) is 16.7 Å². The van der Waals surface area contributed by atoms with Gasteiger partial charge in [0.1, 0.15) is 5.75 Å². The fourth-order valence-corrected chi connectivity index (χ4v) is 2.03. The zero-order valence-electron chi connectivity index (χ0n) is 7.59. The van der Waals surface area contributed by atoms with Crippen LogP contribution in [0.3, 0.4) is 0 Å². The van der Waals surface area contributed by atoms with Crippen LogP contribution in [0.2, 0.25) is 5.02 Å². The number of phenols is 1. The van der Waals surface area contributed by atoms with E-state index in [9.17, 15) is 5.11 Å². The molecule has 0 fully saturated rings. The van der Waals surface area contributed by atoms with Gasteiger partial charge in [0.2, 0.25) is 0 Å². The van der Waals surface area contributed by atoms with Crippen LogP contribution in [0.1, 0.15) is 11.6 Å². The molecule has 1 aromatic carbocycles. The number of aliphatic hydroxyl groups excluding tert-OH is 1. The molecule has 0 saturated heterocycles. The minimum Gasteiger partial charge on any atom is -0.506 e. The molecule has 1 rings (SSSR count). The molecule has 0 saturated carbocycles. The molecule has 3 N–H and O–H groups in total. The molecule has 0 unspecified atom stereocenters. The van der Waals surface area contributed by atoms with Crippen LogP contribution < -0.4 is 5.32 Å². The minimum absolute atomic E-state index is 0.0998. The summed E-state index contributed by atoms with van der Waals surface area (Å²) in [5.74, 6) is 0.0998. The Balaban J connectivity index is 3.18. The van der Waals surface area contributed by atoms with E-state index < -0.39 is 0 Å². The van der Waals surface area contributed by atoms with Crippen LogP contribution in [0.15, 0.2) is 16.6 Å². The molecule has 0 aromatic heterocycles. The lowest BCUT2D eigenvalue weighted by Gasteiger charge is -2.16. The monoisotopic (exact) mass is 279 g/mol. The summed E-state index contributed by atoms with van der Waals surface area (Å²) in [5, 5.41) is 22.1. The number of aromatic hydroxyl groups is 1. The molecule has 5 heteroatoms. The van der Waals surface area contributed by atoms with Gasteiger partial charge in [-0.15, -0.1) is 0 Å². The molecule has 0 spiro atoms. The van der Waals surface area contributed by atoms with Crippen molar-refractivity contribution in [1.29, 1.82) is 0 Å². The molecule has 1 aromatic rings. The van der Waals surface area contributed by atoms with Gasteiger partial charge in [-0.2, -0.15) is 0 Å². The number of aliphatic hydroxyl groups is 1. The molecule has 0 radical (unpaired) electrons. The van der Waals surface area contributed by atoms with Gasteiger partial charge in [0.15, 0.2) is 0 Å². The number of halogens is 2. The Morgan fingerprint density at radius 3 is 2.71 bits per heavy atom. The highest BCUT2D eigenvalue weighted by Gasteiger charge is 2.15. The maximum atomic E-state index is 9.70. The summed E-state index contributed by atoms with van der Waals surface area (Å²) >= 11 is 9.01. The van der Waals surface area contributed by atoms with Crippen molar-refractivity contribution in [2.75, 3.05) is 13.7 Å². The summed E-state index contributed by atoms with van der Waals surface area (Å²) in [6.07, 6.45) is 0. The molecule has 0 heterocycles. The van der Waals surface area contributed by atoms with Crippen LogP contribution >= 0.6 is 27.5 Å². The van der Waals surface area contributed by atoms with Crippen molar-refractivity contribution in [3.8, 4) is 5.75 Å². The Kier molecular flexibility index (Phi) is 4.19. The van der Waals surface area contributed by atoms with E-state index in [-0.39, 0.29) is 18.4 Å². The fraction of sp³-hybridized carbons (Fsp3) is 0.333. The van der Waals surface area contributed by atoms with Crippen molar-refractivity contribution < 1.29 is 10.2 Å². The molecule has 0 aliphatic heterocycles. The quantitative estimate of drug-likeness (QED) is 0.794. The van der Waals surface area contributed by atoms with Crippen LogP contribution in [-0.4, -0.2) is 23.9 Å². The van der Waals surface area contributed by atoms with Gasteiger partial charge < -0.3 is 15.5 Å². The zero-order chi connectivity index (χ0) is 10.7. The van der Waals surface area contributed by atoms with Crippen LogP contribution in [0.5, 0.6) is 5.75 Å². The predicted octanol–water partition coefficient (Wildman–Crippen LogP) is 2.06. The number of benzene rings is 1. The molecular formula is C9H11BrClNO2. The maximum Gasteiger partial charge on any atom is 0.134 e. The minimum atomic E-state index is -0.315. The summed E-state index contributed by atoms with van der Waals surface area (Å²) < 4.78 is 0.522. The van der Waals surface area contributed by atoms with E-state index in [1.54, 1.807) is 19.2 Å². The first-order chi connectivity index (χ1) is 6.60. The van der Waals surface area contributed by atoms with Crippen LogP contribution in [0.25, 0.3) is 0 Å². The molecular weight excluding hydrogens is 269 g/mol. The third-order valence-electron chi connectivity index (χ3n) is 1.96. The highest BCUT2D eigenvalue weighted by atomic mass is 79.9. The Labute approximate surface area is 95.8 Å². The van der Waals surface area contributed by atoms with E-state index in [0.29, 0.717) is 15.1 Å². The lowest BCUT2D eigenvalue weighted by atomic mass is 10.1. The lowest BCUT2D eigenvalue weighted by Crippen LogP contribution is -2.20. The summed E-state index contributed by atoms with van der Waals surface area (Å²) in [4.78, 5) is 0. The molecule has 0 aliphatic carbocycles. The third-order valence-corrected chi connectivity index (χ3v) is 2.79. The Hall–Kier alpha value is -0.290. The van der Waals surface area contributed by atoms with Crippen molar-refractivity contribution in [2.45, 2.75) is 6.04 Å². The fourth-order valence-electron chi connectivity index (χ4n) is 1.20. The molecule has 78 valence electrons. The predicted molar refractivity (Wildman–Crippen MR) is 59.7 cm³/mol. The SMILES string of the molecule is CN[C@H](CO)c1cc(Cl)cc(Br)c1O. The second kappa shape index (κ2) is 4.98. The molecule has 14 heavy (non-hydrogen) atoms. The first kappa shape index (κ1) is 11.8. The number of likely N-dealkylation sites (N-methyl/N-ethyl adjacent to an activating group) is 1. The van der Waals surface area contributed by atoms with E-state index in [2.05, 4.69) is 21.2 Å². The molecule has 0 bridgehead atoms. The van der Waals surface area contributed by atoms with E-state index >= 15 is 0 Å². The van der Waals surface area contributed by atoms with Crippen molar-refractivity contribution in [3.63, 3.8) is 0 Å². The molecule has 3 nitrogen and oxygen atoms in total. The zero-order valence-corrected chi connectivity index (χ0v) is 9.93. The summed E-state index contributed by atoms with van der Waals surface area (Å²) in [7, 11) is 1.70. The Morgan fingerprint density at radius 1 is 1.57 bits per heavy atom. The van der Waals surface area contributed by atoms with Crippen LogP contribution in [0, 0.1) is 0 Å². The van der Waals surface area contributed by atoms with Gasteiger partial charge in [0.25, 0.3) is 0 Å². The summed E-state index contributed by atoms with van der Waals surface area (Å²) in [6, 6.07) is 2.91. The first-order valence-corrected chi connectivity index (χ1v) is 5.23. The molecule has 0 amide bonds.